The molecular weight excluding hydrogens is 431 g/mol. The van der Waals surface area contributed by atoms with Crippen LogP contribution < -0.4 is 4.90 Å². The minimum Gasteiger partial charge on any atom is -0.352 e. The largest absolute Gasteiger partial charge is 0.352 e. The number of H-pyrrole nitrogens is 1. The van der Waals surface area contributed by atoms with Gasteiger partial charge in [-0.05, 0) is 54.7 Å². The predicted molar refractivity (Wildman–Crippen MR) is 120 cm³/mol. The molecule has 6 nitrogen and oxygen atoms in total. The fourth-order valence-electron chi connectivity index (χ4n) is 4.81. The van der Waals surface area contributed by atoms with Crippen molar-refractivity contribution in [2.45, 2.75) is 38.0 Å². The Morgan fingerprint density at radius 2 is 1.76 bits per heavy atom. The third-order valence-electron chi connectivity index (χ3n) is 6.79. The molecule has 0 bridgehead atoms. The average Bonchev–Trinajstić information content (AvgIpc) is 3.25. The Morgan fingerprint density at radius 3 is 2.45 bits per heavy atom. The first-order valence-corrected chi connectivity index (χ1v) is 11.4. The Balaban J connectivity index is 1.24. The van der Waals surface area contributed by atoms with E-state index in [1.807, 2.05) is 11.0 Å². The second kappa shape index (κ2) is 8.68. The van der Waals surface area contributed by atoms with Crippen molar-refractivity contribution < 1.29 is 18.0 Å². The van der Waals surface area contributed by atoms with Crippen molar-refractivity contribution in [1.82, 2.24) is 19.9 Å². The lowest BCUT2D eigenvalue weighted by atomic mass is 9.84. The summed E-state index contributed by atoms with van der Waals surface area (Å²) < 4.78 is 40.0. The van der Waals surface area contributed by atoms with E-state index in [-0.39, 0.29) is 30.5 Å². The number of carbonyl (C=O) groups excluding carboxylic acids is 1. The molecule has 2 fully saturated rings. The van der Waals surface area contributed by atoms with Crippen LogP contribution in [0.25, 0.3) is 22.3 Å². The number of rotatable bonds is 4. The molecule has 2 aliphatic rings. The van der Waals surface area contributed by atoms with Crippen LogP contribution >= 0.6 is 0 Å². The quantitative estimate of drug-likeness (QED) is 0.621. The van der Waals surface area contributed by atoms with E-state index >= 15 is 0 Å². The summed E-state index contributed by atoms with van der Waals surface area (Å²) in [6.45, 7) is 2.42. The van der Waals surface area contributed by atoms with Gasteiger partial charge in [-0.3, -0.25) is 4.79 Å². The summed E-state index contributed by atoms with van der Waals surface area (Å²) in [7, 11) is 0. The highest BCUT2D eigenvalue weighted by Crippen LogP contribution is 2.37. The molecule has 1 N–H and O–H groups in total. The normalized spacial score (nSPS) is 19.2. The molecule has 0 radical (unpaired) electrons. The molecule has 1 saturated carbocycles. The lowest BCUT2D eigenvalue weighted by Crippen LogP contribution is -2.49. The molecule has 3 aromatic rings. The number of piperazine rings is 1. The van der Waals surface area contributed by atoms with Crippen LogP contribution in [-0.2, 0) is 4.79 Å². The molecule has 174 valence electrons. The maximum Gasteiger partial charge on any atom is 0.248 e. The van der Waals surface area contributed by atoms with E-state index in [1.165, 1.54) is 18.5 Å². The monoisotopic (exact) mass is 457 g/mol. The van der Waals surface area contributed by atoms with E-state index in [4.69, 9.17) is 0 Å². The van der Waals surface area contributed by atoms with Gasteiger partial charge in [-0.1, -0.05) is 0 Å². The summed E-state index contributed by atoms with van der Waals surface area (Å²) in [4.78, 5) is 28.8. The molecule has 3 heterocycles. The molecule has 0 atom stereocenters. The lowest BCUT2D eigenvalue weighted by molar-refractivity contribution is -0.133. The molecule has 1 amide bonds. The minimum absolute atomic E-state index is 0.0536. The van der Waals surface area contributed by atoms with E-state index in [2.05, 4.69) is 19.9 Å². The highest BCUT2D eigenvalue weighted by molar-refractivity contribution is 5.92. The third-order valence-corrected chi connectivity index (χ3v) is 6.79. The van der Waals surface area contributed by atoms with Gasteiger partial charge in [-0.2, -0.15) is 0 Å². The molecule has 1 aromatic carbocycles. The summed E-state index contributed by atoms with van der Waals surface area (Å²) in [5, 5.41) is 0.875. The fraction of sp³-hybridized carbons (Fsp3) is 0.458. The Morgan fingerprint density at radius 1 is 1.06 bits per heavy atom. The van der Waals surface area contributed by atoms with Crippen LogP contribution in [0.1, 0.15) is 32.1 Å². The van der Waals surface area contributed by atoms with Gasteiger partial charge in [0.1, 0.15) is 23.6 Å². The van der Waals surface area contributed by atoms with Crippen LogP contribution in [-0.4, -0.2) is 57.9 Å². The standard InChI is InChI=1S/C24H26F3N5O/c25-18-3-1-17(2-4-18)20-14-19-22(30-20)28-15-29-23(19)32-11-9-31(10-12-32)21(33)13-16-5-7-24(26,27)8-6-16/h1-4,14-16H,5-13H2,(H,28,29,30). The maximum atomic E-state index is 13.4. The van der Waals surface area contributed by atoms with Crippen molar-refractivity contribution in [3.63, 3.8) is 0 Å². The van der Waals surface area contributed by atoms with Gasteiger partial charge in [0.15, 0.2) is 0 Å². The summed E-state index contributed by atoms with van der Waals surface area (Å²) in [6.07, 6.45) is 2.48. The van der Waals surface area contributed by atoms with Gasteiger partial charge in [-0.25, -0.2) is 23.1 Å². The van der Waals surface area contributed by atoms with Gasteiger partial charge >= 0.3 is 0 Å². The second-order valence-electron chi connectivity index (χ2n) is 9.02. The molecular formula is C24H26F3N5O. The van der Waals surface area contributed by atoms with Crippen molar-refractivity contribution >= 4 is 22.8 Å². The number of carbonyl (C=O) groups is 1. The van der Waals surface area contributed by atoms with Crippen molar-refractivity contribution in [3.8, 4) is 11.3 Å². The highest BCUT2D eigenvalue weighted by Gasteiger charge is 2.36. The van der Waals surface area contributed by atoms with Crippen LogP contribution in [0, 0.1) is 11.7 Å². The summed E-state index contributed by atoms with van der Waals surface area (Å²) in [6, 6.07) is 8.23. The van der Waals surface area contributed by atoms with Crippen LogP contribution in [0.4, 0.5) is 19.0 Å². The van der Waals surface area contributed by atoms with E-state index < -0.39 is 5.92 Å². The highest BCUT2D eigenvalue weighted by atomic mass is 19.3. The summed E-state index contributed by atoms with van der Waals surface area (Å²) in [5.74, 6) is -1.95. The predicted octanol–water partition coefficient (Wildman–Crippen LogP) is 4.63. The Bertz CT molecular complexity index is 1130. The number of anilines is 1. The molecule has 9 heteroatoms. The number of aromatic amines is 1. The smallest absolute Gasteiger partial charge is 0.248 e. The number of nitrogens with one attached hydrogen (secondary N) is 1. The van der Waals surface area contributed by atoms with Gasteiger partial charge in [0.05, 0.1) is 5.39 Å². The van der Waals surface area contributed by atoms with E-state index in [9.17, 15) is 18.0 Å². The zero-order chi connectivity index (χ0) is 23.0. The first kappa shape index (κ1) is 21.7. The average molecular weight is 458 g/mol. The van der Waals surface area contributed by atoms with E-state index in [1.54, 1.807) is 12.1 Å². The van der Waals surface area contributed by atoms with Gasteiger partial charge in [0.2, 0.25) is 11.8 Å². The Labute approximate surface area is 189 Å². The molecule has 0 unspecified atom stereocenters. The van der Waals surface area contributed by atoms with Gasteiger partial charge < -0.3 is 14.8 Å². The molecule has 2 aromatic heterocycles. The SMILES string of the molecule is O=C(CC1CCC(F)(F)CC1)N1CCN(c2ncnc3[nH]c(-c4ccc(F)cc4)cc23)CC1. The second-order valence-corrected chi connectivity index (χ2v) is 9.02. The fourth-order valence-corrected chi connectivity index (χ4v) is 4.81. The van der Waals surface area contributed by atoms with Crippen molar-refractivity contribution in [2.75, 3.05) is 31.1 Å². The minimum atomic E-state index is -2.57. The number of benzene rings is 1. The number of hydrogen-bond acceptors (Lipinski definition) is 4. The number of fused-ring (bicyclic) bond motifs is 1. The van der Waals surface area contributed by atoms with Crippen molar-refractivity contribution in [2.24, 2.45) is 5.92 Å². The zero-order valence-corrected chi connectivity index (χ0v) is 18.2. The van der Waals surface area contributed by atoms with Crippen LogP contribution in [0.2, 0.25) is 0 Å². The van der Waals surface area contributed by atoms with Gasteiger partial charge in [0, 0.05) is 51.1 Å². The Kier molecular flexibility index (Phi) is 5.72. The van der Waals surface area contributed by atoms with Crippen molar-refractivity contribution in [3.05, 3.63) is 42.5 Å². The number of alkyl halides is 2. The number of halogens is 3. The van der Waals surface area contributed by atoms with Gasteiger partial charge in [-0.15, -0.1) is 0 Å². The number of nitrogens with zero attached hydrogens (tertiary/aromatic N) is 4. The molecule has 1 aliphatic heterocycles. The van der Waals surface area contributed by atoms with Crippen LogP contribution in [0.15, 0.2) is 36.7 Å². The summed E-state index contributed by atoms with van der Waals surface area (Å²) >= 11 is 0. The number of amides is 1. The molecule has 33 heavy (non-hydrogen) atoms. The topological polar surface area (TPSA) is 65.1 Å². The van der Waals surface area contributed by atoms with Crippen LogP contribution in [0.5, 0.6) is 0 Å². The van der Waals surface area contributed by atoms with E-state index in [0.29, 0.717) is 51.1 Å². The Hall–Kier alpha value is -3.10. The molecule has 5 rings (SSSR count). The van der Waals surface area contributed by atoms with Crippen LogP contribution in [0.3, 0.4) is 0 Å². The lowest BCUT2D eigenvalue weighted by Gasteiger charge is -2.36. The third kappa shape index (κ3) is 4.67. The van der Waals surface area contributed by atoms with Crippen molar-refractivity contribution in [1.29, 1.82) is 0 Å². The molecule has 1 aliphatic carbocycles. The van der Waals surface area contributed by atoms with E-state index in [0.717, 1.165) is 22.5 Å². The molecule has 1 saturated heterocycles. The molecule has 0 spiro atoms. The zero-order valence-electron chi connectivity index (χ0n) is 18.2. The maximum absolute atomic E-state index is 13.4. The first-order valence-electron chi connectivity index (χ1n) is 11.4. The number of aromatic nitrogens is 3. The number of hydrogen-bond donors (Lipinski definition) is 1. The van der Waals surface area contributed by atoms with Gasteiger partial charge in [0.25, 0.3) is 0 Å². The summed E-state index contributed by atoms with van der Waals surface area (Å²) in [5.41, 5.74) is 2.39. The first-order chi connectivity index (χ1) is 15.9.